The highest BCUT2D eigenvalue weighted by Gasteiger charge is 2.24. The van der Waals surface area contributed by atoms with Crippen LogP contribution < -0.4 is 9.80 Å². The van der Waals surface area contributed by atoms with Gasteiger partial charge < -0.3 is 9.80 Å². The van der Waals surface area contributed by atoms with Crippen LogP contribution in [0.5, 0.6) is 0 Å². The van der Waals surface area contributed by atoms with E-state index >= 15 is 0 Å². The molecule has 2 rings (SSSR count). The fourth-order valence-electron chi connectivity index (χ4n) is 3.01. The molecule has 0 N–H and O–H groups in total. The molecule has 2 aromatic carbocycles. The predicted molar refractivity (Wildman–Crippen MR) is 119 cm³/mol. The average molecular weight is 482 g/mol. The summed E-state index contributed by atoms with van der Waals surface area (Å²) in [5.74, 6) is -0.103. The Morgan fingerprint density at radius 3 is 1.38 bits per heavy atom. The van der Waals surface area contributed by atoms with Crippen LogP contribution in [-0.2, 0) is 4.79 Å². The highest BCUT2D eigenvalue weighted by Crippen LogP contribution is 2.34. The Bertz CT molecular complexity index is 737. The molecule has 0 aliphatic carbocycles. The largest absolute Gasteiger partial charge is 0.377 e. The van der Waals surface area contributed by atoms with Crippen LogP contribution in [0, 0.1) is 0 Å². The van der Waals surface area contributed by atoms with Crippen LogP contribution in [0.3, 0.4) is 0 Å². The summed E-state index contributed by atoms with van der Waals surface area (Å²) in [6.45, 7) is 3.97. The molecule has 0 saturated carbocycles. The second-order valence-electron chi connectivity index (χ2n) is 7.06. The first-order valence-electron chi connectivity index (χ1n) is 8.60. The third-order valence-corrected chi connectivity index (χ3v) is 6.03. The third kappa shape index (κ3) is 4.49. The molecule has 0 heterocycles. The van der Waals surface area contributed by atoms with E-state index in [0.29, 0.717) is 0 Å². The van der Waals surface area contributed by atoms with E-state index < -0.39 is 0 Å². The number of ketones is 1. The Morgan fingerprint density at radius 1 is 0.769 bits per heavy atom. The lowest BCUT2D eigenvalue weighted by atomic mass is 9.85. The third-order valence-electron chi connectivity index (χ3n) is 4.76. The maximum absolute atomic E-state index is 13.1. The molecule has 0 radical (unpaired) electrons. The standard InChI is InChI=1S/C21H26Br2N2O/c1-13(15-7-9-19(24(3)4)17(22)11-15)21(26)14(2)16-8-10-20(25(5)6)18(23)12-16/h7-14H,1-6H3. The zero-order chi connectivity index (χ0) is 19.6. The summed E-state index contributed by atoms with van der Waals surface area (Å²) in [6, 6.07) is 12.3. The molecule has 2 atom stereocenters. The van der Waals surface area contributed by atoms with Gasteiger partial charge in [0.05, 0.1) is 11.4 Å². The van der Waals surface area contributed by atoms with Crippen LogP contribution in [0.25, 0.3) is 0 Å². The summed E-state index contributed by atoms with van der Waals surface area (Å²) in [5, 5.41) is 0. The van der Waals surface area contributed by atoms with Gasteiger partial charge in [-0.25, -0.2) is 0 Å². The van der Waals surface area contributed by atoms with Gasteiger partial charge in [-0.1, -0.05) is 26.0 Å². The fraction of sp³-hybridized carbons (Fsp3) is 0.381. The number of nitrogens with zero attached hydrogens (tertiary/aromatic N) is 2. The van der Waals surface area contributed by atoms with E-state index in [4.69, 9.17) is 0 Å². The quantitative estimate of drug-likeness (QED) is 0.519. The van der Waals surface area contributed by atoms with Crippen LogP contribution in [0.15, 0.2) is 45.3 Å². The minimum Gasteiger partial charge on any atom is -0.377 e. The molecule has 0 bridgehead atoms. The monoisotopic (exact) mass is 480 g/mol. The van der Waals surface area contributed by atoms with Crippen molar-refractivity contribution in [3.05, 3.63) is 56.5 Å². The first-order chi connectivity index (χ1) is 12.1. The zero-order valence-corrected chi connectivity index (χ0v) is 19.3. The van der Waals surface area contributed by atoms with E-state index in [1.807, 2.05) is 64.0 Å². The van der Waals surface area contributed by atoms with E-state index in [2.05, 4.69) is 56.1 Å². The van der Waals surface area contributed by atoms with Gasteiger partial charge in [-0.15, -0.1) is 0 Å². The number of Topliss-reactive ketones (excluding diaryl/α,β-unsaturated/α-hetero) is 1. The van der Waals surface area contributed by atoms with Crippen LogP contribution in [0.4, 0.5) is 11.4 Å². The summed E-state index contributed by atoms with van der Waals surface area (Å²) in [7, 11) is 8.02. The van der Waals surface area contributed by atoms with Gasteiger partial charge in [0.25, 0.3) is 0 Å². The van der Waals surface area contributed by atoms with Crippen molar-refractivity contribution in [1.82, 2.24) is 0 Å². The number of hydrogen-bond acceptors (Lipinski definition) is 3. The molecule has 0 aliphatic heterocycles. The summed E-state index contributed by atoms with van der Waals surface area (Å²) < 4.78 is 2.01. The van der Waals surface area contributed by atoms with Crippen molar-refractivity contribution in [2.45, 2.75) is 25.7 Å². The second-order valence-corrected chi connectivity index (χ2v) is 8.76. The molecule has 2 aromatic rings. The molecule has 0 fully saturated rings. The van der Waals surface area contributed by atoms with Crippen LogP contribution in [0.2, 0.25) is 0 Å². The maximum Gasteiger partial charge on any atom is 0.147 e. The zero-order valence-electron chi connectivity index (χ0n) is 16.2. The highest BCUT2D eigenvalue weighted by molar-refractivity contribution is 9.11. The SMILES string of the molecule is CC(C(=O)C(C)c1ccc(N(C)C)c(Br)c1)c1ccc(N(C)C)c(Br)c1. The van der Waals surface area contributed by atoms with Gasteiger partial charge >= 0.3 is 0 Å². The molecule has 0 amide bonds. The van der Waals surface area contributed by atoms with Crippen LogP contribution in [0.1, 0.15) is 36.8 Å². The lowest BCUT2D eigenvalue weighted by Gasteiger charge is -2.21. The Balaban J connectivity index is 2.25. The first kappa shape index (κ1) is 21.0. The lowest BCUT2D eigenvalue weighted by molar-refractivity contribution is -0.121. The van der Waals surface area contributed by atoms with Crippen molar-refractivity contribution < 1.29 is 4.79 Å². The molecule has 26 heavy (non-hydrogen) atoms. The molecule has 5 heteroatoms. The van der Waals surface area contributed by atoms with E-state index in [0.717, 1.165) is 31.4 Å². The van der Waals surface area contributed by atoms with E-state index in [1.54, 1.807) is 0 Å². The second kappa shape index (κ2) is 8.57. The molecule has 0 spiro atoms. The number of hydrogen-bond donors (Lipinski definition) is 0. The highest BCUT2D eigenvalue weighted by atomic mass is 79.9. The van der Waals surface area contributed by atoms with E-state index in [1.165, 1.54) is 0 Å². The molecule has 0 saturated heterocycles. The van der Waals surface area contributed by atoms with Crippen molar-refractivity contribution in [3.63, 3.8) is 0 Å². The number of anilines is 2. The number of benzene rings is 2. The van der Waals surface area contributed by atoms with Gasteiger partial charge in [-0.2, -0.15) is 0 Å². The maximum atomic E-state index is 13.1. The molecule has 3 nitrogen and oxygen atoms in total. The average Bonchev–Trinajstić information content (AvgIpc) is 2.58. The predicted octanol–water partition coefficient (Wildman–Crippen LogP) is 5.82. The molecule has 0 aromatic heterocycles. The Kier molecular flexibility index (Phi) is 6.92. The normalized spacial score (nSPS) is 13.2. The molecule has 2 unspecified atom stereocenters. The summed E-state index contributed by atoms with van der Waals surface area (Å²) in [4.78, 5) is 17.1. The smallest absolute Gasteiger partial charge is 0.147 e. The Labute approximate surface area is 173 Å². The fourth-order valence-corrected chi connectivity index (χ4v) is 4.52. The van der Waals surface area contributed by atoms with Crippen molar-refractivity contribution >= 4 is 49.0 Å². The minimum absolute atomic E-state index is 0.162. The number of rotatable bonds is 6. The van der Waals surface area contributed by atoms with Gasteiger partial charge in [-0.05, 0) is 67.3 Å². The van der Waals surface area contributed by atoms with E-state index in [9.17, 15) is 4.79 Å². The van der Waals surface area contributed by atoms with Crippen LogP contribution >= 0.6 is 31.9 Å². The number of carbonyl (C=O) groups is 1. The number of halogens is 2. The van der Waals surface area contributed by atoms with Crippen molar-refractivity contribution in [2.24, 2.45) is 0 Å². The van der Waals surface area contributed by atoms with Crippen molar-refractivity contribution in [3.8, 4) is 0 Å². The Morgan fingerprint density at radius 2 is 1.12 bits per heavy atom. The summed E-state index contributed by atoms with van der Waals surface area (Å²) in [5.41, 5.74) is 4.26. The van der Waals surface area contributed by atoms with Crippen molar-refractivity contribution in [1.29, 1.82) is 0 Å². The van der Waals surface area contributed by atoms with Gasteiger partial charge in [0, 0.05) is 49.0 Å². The minimum atomic E-state index is -0.162. The lowest BCUT2D eigenvalue weighted by Crippen LogP contribution is -2.17. The molecular weight excluding hydrogens is 456 g/mol. The van der Waals surface area contributed by atoms with Gasteiger partial charge in [0.15, 0.2) is 0 Å². The topological polar surface area (TPSA) is 23.6 Å². The molecule has 140 valence electrons. The first-order valence-corrected chi connectivity index (χ1v) is 10.2. The van der Waals surface area contributed by atoms with Gasteiger partial charge in [0.2, 0.25) is 0 Å². The Hall–Kier alpha value is -1.33. The molecule has 0 aliphatic rings. The van der Waals surface area contributed by atoms with Gasteiger partial charge in [-0.3, -0.25) is 4.79 Å². The van der Waals surface area contributed by atoms with Crippen molar-refractivity contribution in [2.75, 3.05) is 38.0 Å². The van der Waals surface area contributed by atoms with Gasteiger partial charge in [0.1, 0.15) is 5.78 Å². The van der Waals surface area contributed by atoms with E-state index in [-0.39, 0.29) is 17.6 Å². The summed E-state index contributed by atoms with van der Waals surface area (Å²) >= 11 is 7.23. The van der Waals surface area contributed by atoms with Crippen LogP contribution in [-0.4, -0.2) is 34.0 Å². The molecular formula is C21H26Br2N2O. The number of carbonyl (C=O) groups excluding carboxylic acids is 1. The summed E-state index contributed by atoms with van der Waals surface area (Å²) in [6.07, 6.45) is 0.